The molecular formula is C25H34N4O5. The molecule has 5 rings (SSSR count). The predicted molar refractivity (Wildman–Crippen MR) is 128 cm³/mol. The van der Waals surface area contributed by atoms with Crippen molar-refractivity contribution >= 4 is 11.5 Å². The van der Waals surface area contributed by atoms with Crippen molar-refractivity contribution in [2.75, 3.05) is 31.2 Å². The van der Waals surface area contributed by atoms with Gasteiger partial charge in [-0.2, -0.15) is 0 Å². The van der Waals surface area contributed by atoms with Gasteiger partial charge in [-0.15, -0.1) is 0 Å². The molecule has 1 aliphatic carbocycles. The number of anilines is 1. The first-order valence-electron chi connectivity index (χ1n) is 12.5. The Morgan fingerprint density at radius 2 is 1.88 bits per heavy atom. The topological polar surface area (TPSA) is 91.9 Å². The number of nitrogens with zero attached hydrogens (tertiary/aromatic N) is 4. The Balaban J connectivity index is 1.06. The maximum Gasteiger partial charge on any atom is 0.415 e. The van der Waals surface area contributed by atoms with Gasteiger partial charge in [-0.1, -0.05) is 19.3 Å². The molecule has 0 radical (unpaired) electrons. The third-order valence-electron chi connectivity index (χ3n) is 7.24. The molecule has 34 heavy (non-hydrogen) atoms. The average molecular weight is 471 g/mol. The van der Waals surface area contributed by atoms with Gasteiger partial charge in [-0.3, -0.25) is 4.57 Å². The maximum absolute atomic E-state index is 10.9. The van der Waals surface area contributed by atoms with E-state index in [9.17, 15) is 10.1 Å². The third-order valence-corrected chi connectivity index (χ3v) is 7.24. The van der Waals surface area contributed by atoms with Crippen molar-refractivity contribution in [1.29, 1.82) is 0 Å². The van der Waals surface area contributed by atoms with Gasteiger partial charge >= 0.3 is 11.8 Å². The van der Waals surface area contributed by atoms with E-state index >= 15 is 0 Å². The van der Waals surface area contributed by atoms with Crippen molar-refractivity contribution in [2.24, 2.45) is 5.92 Å². The van der Waals surface area contributed by atoms with E-state index in [0.717, 1.165) is 44.2 Å². The van der Waals surface area contributed by atoms with Crippen molar-refractivity contribution in [3.8, 4) is 11.8 Å². The third kappa shape index (κ3) is 5.29. The largest absolute Gasteiger partial charge is 0.489 e. The number of nitro groups is 1. The van der Waals surface area contributed by atoms with E-state index in [1.165, 1.54) is 44.0 Å². The van der Waals surface area contributed by atoms with Crippen LogP contribution in [0.25, 0.3) is 0 Å². The maximum atomic E-state index is 10.9. The molecule has 0 bridgehead atoms. The number of fused-ring (bicyclic) bond motifs is 1. The number of aromatic nitrogens is 2. The van der Waals surface area contributed by atoms with Crippen molar-refractivity contribution < 1.29 is 19.1 Å². The summed E-state index contributed by atoms with van der Waals surface area (Å²) in [7, 11) is 0. The highest BCUT2D eigenvalue weighted by atomic mass is 16.6. The van der Waals surface area contributed by atoms with Gasteiger partial charge in [0.15, 0.2) is 5.60 Å². The molecule has 9 heteroatoms. The van der Waals surface area contributed by atoms with E-state index in [1.54, 1.807) is 4.57 Å². The highest BCUT2D eigenvalue weighted by molar-refractivity contribution is 5.49. The molecule has 2 aliphatic heterocycles. The highest BCUT2D eigenvalue weighted by Gasteiger charge is 2.41. The number of hydrogen-bond donors (Lipinski definition) is 0. The molecule has 3 aliphatic rings. The van der Waals surface area contributed by atoms with Crippen LogP contribution in [0.5, 0.6) is 11.8 Å². The van der Waals surface area contributed by atoms with Crippen LogP contribution in [0.1, 0.15) is 51.9 Å². The summed E-state index contributed by atoms with van der Waals surface area (Å²) in [6.45, 7) is 5.67. The fourth-order valence-corrected chi connectivity index (χ4v) is 5.25. The predicted octanol–water partition coefficient (Wildman–Crippen LogP) is 4.59. The van der Waals surface area contributed by atoms with Crippen LogP contribution in [-0.4, -0.2) is 52.5 Å². The van der Waals surface area contributed by atoms with Gasteiger partial charge in [0.2, 0.25) is 0 Å². The van der Waals surface area contributed by atoms with Crippen molar-refractivity contribution in [3.05, 3.63) is 40.6 Å². The fraction of sp³-hybridized carbons (Fsp3) is 0.640. The molecule has 1 atom stereocenters. The summed E-state index contributed by atoms with van der Waals surface area (Å²) in [5.74, 6) is 1.35. The molecule has 2 fully saturated rings. The molecule has 0 spiro atoms. The van der Waals surface area contributed by atoms with E-state index in [2.05, 4.69) is 22.0 Å². The van der Waals surface area contributed by atoms with Crippen LogP contribution in [0, 0.1) is 16.0 Å². The molecule has 3 heterocycles. The Hall–Kier alpha value is -2.81. The Bertz CT molecular complexity index is 954. The van der Waals surface area contributed by atoms with Crippen LogP contribution in [0.3, 0.4) is 0 Å². The minimum atomic E-state index is -0.615. The Labute approximate surface area is 200 Å². The summed E-state index contributed by atoms with van der Waals surface area (Å²) in [5, 5.41) is 10.9. The lowest BCUT2D eigenvalue weighted by Crippen LogP contribution is -2.38. The first kappa shape index (κ1) is 23.0. The molecule has 0 N–H and O–H groups in total. The normalized spacial score (nSPS) is 23.5. The minimum Gasteiger partial charge on any atom is -0.489 e. The summed E-state index contributed by atoms with van der Waals surface area (Å²) in [5.41, 5.74) is 0.587. The number of rotatable bonds is 8. The van der Waals surface area contributed by atoms with Gasteiger partial charge < -0.3 is 29.2 Å². The Morgan fingerprint density at radius 1 is 1.15 bits per heavy atom. The number of ether oxygens (including phenoxy) is 3. The van der Waals surface area contributed by atoms with E-state index < -0.39 is 10.5 Å². The van der Waals surface area contributed by atoms with Crippen molar-refractivity contribution in [3.63, 3.8) is 0 Å². The quantitative estimate of drug-likeness (QED) is 0.412. The summed E-state index contributed by atoms with van der Waals surface area (Å²) in [6.07, 6.45) is 10.8. The molecule has 2 aromatic rings. The molecule has 1 saturated heterocycles. The molecule has 9 nitrogen and oxygen atoms in total. The molecule has 184 valence electrons. The van der Waals surface area contributed by atoms with E-state index in [-0.39, 0.29) is 11.8 Å². The summed E-state index contributed by atoms with van der Waals surface area (Å²) < 4.78 is 19.7. The smallest absolute Gasteiger partial charge is 0.415 e. The van der Waals surface area contributed by atoms with Gasteiger partial charge in [0.05, 0.1) is 12.6 Å². The second-order valence-electron chi connectivity index (χ2n) is 10.1. The summed E-state index contributed by atoms with van der Waals surface area (Å²) >= 11 is 0. The van der Waals surface area contributed by atoms with Crippen LogP contribution in [0.15, 0.2) is 30.5 Å². The van der Waals surface area contributed by atoms with E-state index in [1.807, 2.05) is 19.1 Å². The molecule has 0 unspecified atom stereocenters. The zero-order valence-corrected chi connectivity index (χ0v) is 19.9. The van der Waals surface area contributed by atoms with Gasteiger partial charge in [-0.25, -0.2) is 0 Å². The number of benzene rings is 1. The van der Waals surface area contributed by atoms with Crippen molar-refractivity contribution in [2.45, 2.75) is 70.1 Å². The summed E-state index contributed by atoms with van der Waals surface area (Å²) in [6, 6.07) is 8.44. The highest BCUT2D eigenvalue weighted by Crippen LogP contribution is 2.32. The first-order valence-corrected chi connectivity index (χ1v) is 12.5. The zero-order chi connectivity index (χ0) is 23.5. The zero-order valence-electron chi connectivity index (χ0n) is 19.9. The Kier molecular flexibility index (Phi) is 6.63. The summed E-state index contributed by atoms with van der Waals surface area (Å²) in [4.78, 5) is 16.7. The fourth-order valence-electron chi connectivity index (χ4n) is 5.25. The van der Waals surface area contributed by atoms with Crippen LogP contribution in [0.4, 0.5) is 11.5 Å². The van der Waals surface area contributed by atoms with Gasteiger partial charge in [-0.05, 0) is 67.7 Å². The molecular weight excluding hydrogens is 436 g/mol. The lowest BCUT2D eigenvalue weighted by Gasteiger charge is -2.34. The molecule has 1 saturated carbocycles. The second kappa shape index (κ2) is 9.82. The van der Waals surface area contributed by atoms with Crippen LogP contribution >= 0.6 is 0 Å². The van der Waals surface area contributed by atoms with E-state index in [4.69, 9.17) is 14.2 Å². The number of piperidine rings is 1. The van der Waals surface area contributed by atoms with E-state index in [0.29, 0.717) is 19.3 Å². The standard InChI is InChI=1S/C25H34N4O5/c1-25(17-28-15-23(29(30)31)26-24(28)34-25)18-33-21-9-7-20(8-10-21)27-13-11-22(12-14-27)32-16-19-5-3-2-4-6-19/h7-10,15,19,22H,2-6,11-14,16-18H2,1H3/t25-/m1/s1. The lowest BCUT2D eigenvalue weighted by atomic mass is 9.90. The second-order valence-corrected chi connectivity index (χ2v) is 10.1. The van der Waals surface area contributed by atoms with Crippen LogP contribution in [-0.2, 0) is 11.3 Å². The lowest BCUT2D eigenvalue weighted by molar-refractivity contribution is -0.389. The number of hydrogen-bond acceptors (Lipinski definition) is 7. The number of imidazole rings is 1. The van der Waals surface area contributed by atoms with Gasteiger partial charge in [0.25, 0.3) is 0 Å². The van der Waals surface area contributed by atoms with Gasteiger partial charge in [0, 0.05) is 30.4 Å². The monoisotopic (exact) mass is 470 g/mol. The first-order chi connectivity index (χ1) is 16.5. The molecule has 1 aromatic carbocycles. The van der Waals surface area contributed by atoms with Crippen molar-refractivity contribution in [1.82, 2.24) is 9.55 Å². The minimum absolute atomic E-state index is 0.201. The average Bonchev–Trinajstić information content (AvgIpc) is 3.39. The molecule has 1 aromatic heterocycles. The van der Waals surface area contributed by atoms with Crippen LogP contribution in [0.2, 0.25) is 0 Å². The molecule has 0 amide bonds. The van der Waals surface area contributed by atoms with Crippen LogP contribution < -0.4 is 14.4 Å². The SMILES string of the molecule is C[C@]1(COc2ccc(N3CCC(OCC4CCCCC4)CC3)cc2)Cn2cc([N+](=O)[O-])nc2O1. The Morgan fingerprint density at radius 3 is 2.56 bits per heavy atom. The van der Waals surface area contributed by atoms with Gasteiger partial charge in [0.1, 0.15) is 18.6 Å².